The van der Waals surface area contributed by atoms with Crippen molar-refractivity contribution in [2.45, 2.75) is 19.1 Å². The Kier molecular flexibility index (Phi) is 7.06. The Labute approximate surface area is 203 Å². The molecule has 0 saturated heterocycles. The fourth-order valence-electron chi connectivity index (χ4n) is 3.48. The number of fused-ring (bicyclic) bond motifs is 1. The molecule has 0 amide bonds. The Balaban J connectivity index is 0.00000256. The second kappa shape index (κ2) is 9.21. The Morgan fingerprint density at radius 1 is 1.17 bits per heavy atom. The van der Waals surface area contributed by atoms with E-state index in [1.54, 1.807) is 18.6 Å². The van der Waals surface area contributed by atoms with Gasteiger partial charge in [0.15, 0.2) is 0 Å². The molecule has 1 aromatic carbocycles. The molecule has 0 saturated carbocycles. The summed E-state index contributed by atoms with van der Waals surface area (Å²) < 4.78 is 4.50. The molecule has 151 valence electrons. The first-order chi connectivity index (χ1) is 13.9. The molecule has 0 aliphatic carbocycles. The van der Waals surface area contributed by atoms with Gasteiger partial charge in [0.05, 0.1) is 16.6 Å². The first kappa shape index (κ1) is 23.0. The maximum atomic E-state index is 12.9. The number of aryl methyl sites for hydroxylation is 2. The molecule has 3 aromatic heterocycles. The van der Waals surface area contributed by atoms with Crippen molar-refractivity contribution in [1.82, 2.24) is 18.7 Å². The van der Waals surface area contributed by atoms with E-state index in [0.717, 1.165) is 15.8 Å². The number of aliphatic hydroxyl groups is 1. The fraction of sp³-hybridized carbons (Fsp3) is 0.250. The van der Waals surface area contributed by atoms with Crippen LogP contribution in [-0.4, -0.2) is 53.3 Å². The molecule has 1 N–H and O–H groups in total. The van der Waals surface area contributed by atoms with Crippen molar-refractivity contribution in [1.29, 1.82) is 0 Å². The summed E-state index contributed by atoms with van der Waals surface area (Å²) in [6.45, 7) is 0.439. The van der Waals surface area contributed by atoms with Gasteiger partial charge in [-0.3, -0.25) is 13.9 Å². The van der Waals surface area contributed by atoms with Crippen molar-refractivity contribution in [2.24, 2.45) is 14.1 Å². The molecular formula is C20H19ClN4NaO3S. The third kappa shape index (κ3) is 4.08. The Morgan fingerprint density at radius 3 is 2.50 bits per heavy atom. The summed E-state index contributed by atoms with van der Waals surface area (Å²) in [7, 11) is 3.13. The van der Waals surface area contributed by atoms with Crippen molar-refractivity contribution in [3.8, 4) is 11.3 Å². The van der Waals surface area contributed by atoms with Crippen LogP contribution in [0.1, 0.15) is 17.5 Å². The molecule has 30 heavy (non-hydrogen) atoms. The average Bonchev–Trinajstić information content (AvgIpc) is 3.33. The molecule has 4 aromatic rings. The van der Waals surface area contributed by atoms with Crippen LogP contribution in [0.3, 0.4) is 0 Å². The van der Waals surface area contributed by atoms with Gasteiger partial charge < -0.3 is 9.67 Å². The van der Waals surface area contributed by atoms with Crippen LogP contribution in [0.5, 0.6) is 0 Å². The first-order valence-corrected chi connectivity index (χ1v) is 10.3. The predicted molar refractivity (Wildman–Crippen MR) is 120 cm³/mol. The van der Waals surface area contributed by atoms with E-state index in [0.29, 0.717) is 34.0 Å². The van der Waals surface area contributed by atoms with Gasteiger partial charge in [-0.2, -0.15) is 0 Å². The van der Waals surface area contributed by atoms with Crippen LogP contribution in [0.2, 0.25) is 5.15 Å². The van der Waals surface area contributed by atoms with Crippen LogP contribution in [-0.2, 0) is 20.6 Å². The number of rotatable bonds is 5. The summed E-state index contributed by atoms with van der Waals surface area (Å²) >= 11 is 7.16. The van der Waals surface area contributed by atoms with Crippen LogP contribution in [0.25, 0.3) is 22.2 Å². The van der Waals surface area contributed by atoms with E-state index in [4.69, 9.17) is 11.6 Å². The van der Waals surface area contributed by atoms with Crippen LogP contribution in [0.4, 0.5) is 0 Å². The van der Waals surface area contributed by atoms with E-state index in [9.17, 15) is 14.7 Å². The number of aromatic nitrogens is 4. The van der Waals surface area contributed by atoms with Gasteiger partial charge in [0.1, 0.15) is 16.3 Å². The monoisotopic (exact) mass is 453 g/mol. The molecule has 0 aliphatic rings. The summed E-state index contributed by atoms with van der Waals surface area (Å²) in [6, 6.07) is 9.55. The average molecular weight is 454 g/mol. The summed E-state index contributed by atoms with van der Waals surface area (Å²) in [5.41, 5.74) is 1.43. The molecule has 0 bridgehead atoms. The topological polar surface area (TPSA) is 82.0 Å². The summed E-state index contributed by atoms with van der Waals surface area (Å²) in [4.78, 5) is 29.4. The van der Waals surface area contributed by atoms with Crippen molar-refractivity contribution in [3.63, 3.8) is 0 Å². The maximum absolute atomic E-state index is 12.9. The number of benzene rings is 1. The zero-order valence-corrected chi connectivity index (χ0v) is 20.4. The van der Waals surface area contributed by atoms with Gasteiger partial charge in [0.25, 0.3) is 5.56 Å². The van der Waals surface area contributed by atoms with Crippen molar-refractivity contribution in [2.75, 3.05) is 0 Å². The Morgan fingerprint density at radius 2 is 1.87 bits per heavy atom. The van der Waals surface area contributed by atoms with Crippen LogP contribution < -0.4 is 11.2 Å². The molecule has 1 atom stereocenters. The molecule has 4 rings (SSSR count). The van der Waals surface area contributed by atoms with Gasteiger partial charge >= 0.3 is 5.69 Å². The summed E-state index contributed by atoms with van der Waals surface area (Å²) in [6.07, 6.45) is 1.41. The van der Waals surface area contributed by atoms with E-state index in [2.05, 4.69) is 4.98 Å². The number of thiazole rings is 1. The Bertz CT molecular complexity index is 1310. The van der Waals surface area contributed by atoms with E-state index in [-0.39, 0.29) is 40.8 Å². The molecule has 10 heteroatoms. The minimum Gasteiger partial charge on any atom is -0.386 e. The summed E-state index contributed by atoms with van der Waals surface area (Å²) in [5.74, 6) is 0. The van der Waals surface area contributed by atoms with Crippen LogP contribution >= 0.6 is 22.9 Å². The SMILES string of the molecule is Cn1c(=O)c2c(-c3ccccc3)n(CCC(O)c3nc(Cl)cs3)cc2n(C)c1=O.[Na]. The first-order valence-electron chi connectivity index (χ1n) is 9.01. The minimum absolute atomic E-state index is 0. The maximum Gasteiger partial charge on any atom is 0.330 e. The zero-order valence-electron chi connectivity index (χ0n) is 16.9. The molecule has 1 radical (unpaired) electrons. The smallest absolute Gasteiger partial charge is 0.330 e. The second-order valence-corrected chi connectivity index (χ2v) is 8.09. The van der Waals surface area contributed by atoms with Crippen LogP contribution in [0.15, 0.2) is 51.5 Å². The largest absolute Gasteiger partial charge is 0.386 e. The van der Waals surface area contributed by atoms with Crippen LogP contribution in [0, 0.1) is 0 Å². The fourth-order valence-corrected chi connectivity index (χ4v) is 4.45. The molecule has 7 nitrogen and oxygen atoms in total. The van der Waals surface area contributed by atoms with Crippen molar-refractivity contribution >= 4 is 63.4 Å². The number of hydrogen-bond acceptors (Lipinski definition) is 5. The number of hydrogen-bond donors (Lipinski definition) is 1. The van der Waals surface area contributed by atoms with Gasteiger partial charge in [-0.25, -0.2) is 9.78 Å². The van der Waals surface area contributed by atoms with E-state index < -0.39 is 6.10 Å². The molecule has 0 aliphatic heterocycles. The minimum atomic E-state index is -0.770. The van der Waals surface area contributed by atoms with Crippen molar-refractivity contribution < 1.29 is 5.11 Å². The van der Waals surface area contributed by atoms with Crippen molar-refractivity contribution in [3.05, 3.63) is 72.9 Å². The summed E-state index contributed by atoms with van der Waals surface area (Å²) in [5, 5.41) is 13.6. The van der Waals surface area contributed by atoms with Gasteiger partial charge in [-0.1, -0.05) is 41.9 Å². The number of aliphatic hydroxyl groups excluding tert-OH is 1. The molecule has 3 heterocycles. The normalized spacial score (nSPS) is 12.1. The zero-order chi connectivity index (χ0) is 20.7. The molecule has 0 spiro atoms. The number of nitrogens with zero attached hydrogens (tertiary/aromatic N) is 4. The third-order valence-corrected chi connectivity index (χ3v) is 6.25. The van der Waals surface area contributed by atoms with Gasteiger partial charge in [0, 0.05) is 61.8 Å². The standard InChI is InChI=1S/C20H19ClN4O3S.Na/c1-23-13-10-25(9-8-14(26)18-22-15(21)11-29-18)17(12-6-4-3-5-7-12)16(13)19(27)24(2)20(23)28;/h3-7,10-11,14,26H,8-9H2,1-2H3;. The van der Waals surface area contributed by atoms with E-state index >= 15 is 0 Å². The van der Waals surface area contributed by atoms with Gasteiger partial charge in [-0.15, -0.1) is 11.3 Å². The third-order valence-electron chi connectivity index (χ3n) is 4.98. The van der Waals surface area contributed by atoms with E-state index in [1.807, 2.05) is 34.9 Å². The molecule has 1 unspecified atom stereocenters. The predicted octanol–water partition coefficient (Wildman–Crippen LogP) is 2.56. The van der Waals surface area contributed by atoms with Gasteiger partial charge in [0.2, 0.25) is 0 Å². The van der Waals surface area contributed by atoms with E-state index in [1.165, 1.54) is 23.0 Å². The van der Waals surface area contributed by atoms with Gasteiger partial charge in [-0.05, 0) is 12.0 Å². The second-order valence-electron chi connectivity index (χ2n) is 6.82. The molecule has 0 fully saturated rings. The Hall–Kier alpha value is -1.68. The number of halogens is 1. The molecular weight excluding hydrogens is 435 g/mol. The quantitative estimate of drug-likeness (QED) is 0.471.